The van der Waals surface area contributed by atoms with E-state index in [0.29, 0.717) is 0 Å². The Kier molecular flexibility index (Phi) is 3.84. The third kappa shape index (κ3) is 2.19. The van der Waals surface area contributed by atoms with E-state index < -0.39 is 0 Å². The molecule has 0 aliphatic rings. The fourth-order valence-corrected chi connectivity index (χ4v) is 2.33. The molecule has 0 fully saturated rings. The zero-order valence-corrected chi connectivity index (χ0v) is 11.2. The molecule has 1 aromatic heterocycles. The molecule has 0 aliphatic carbocycles. The second-order valence-corrected chi connectivity index (χ2v) is 4.54. The summed E-state index contributed by atoms with van der Waals surface area (Å²) >= 11 is 0. The first-order valence-corrected chi connectivity index (χ1v) is 6.27. The van der Waals surface area contributed by atoms with Gasteiger partial charge in [-0.15, -0.1) is 0 Å². The molecule has 0 saturated heterocycles. The van der Waals surface area contributed by atoms with Crippen molar-refractivity contribution >= 4 is 0 Å². The monoisotopic (exact) mass is 244 g/mol. The molecular formula is C15H20N2O. The van der Waals surface area contributed by atoms with Gasteiger partial charge in [-0.2, -0.15) is 0 Å². The van der Waals surface area contributed by atoms with Gasteiger partial charge in [0.05, 0.1) is 12.3 Å². The van der Waals surface area contributed by atoms with Crippen molar-refractivity contribution in [3.63, 3.8) is 0 Å². The number of furan rings is 1. The molecule has 18 heavy (non-hydrogen) atoms. The molecule has 0 radical (unpaired) electrons. The summed E-state index contributed by atoms with van der Waals surface area (Å²) in [6, 6.07) is 8.26. The van der Waals surface area contributed by atoms with Crippen LogP contribution in [0.1, 0.15) is 41.0 Å². The van der Waals surface area contributed by atoms with Crippen molar-refractivity contribution in [2.24, 2.45) is 5.84 Å². The molecular weight excluding hydrogens is 224 g/mol. The van der Waals surface area contributed by atoms with Crippen molar-refractivity contribution in [3.8, 4) is 0 Å². The number of benzene rings is 1. The molecule has 0 aliphatic heterocycles. The number of hydrogen-bond donors (Lipinski definition) is 2. The largest absolute Gasteiger partial charge is 0.469 e. The third-order valence-corrected chi connectivity index (χ3v) is 3.54. The van der Waals surface area contributed by atoms with Crippen LogP contribution >= 0.6 is 0 Å². The standard InChI is InChI=1S/C15H20N2O/c1-4-14-13(8-9-18-14)15(17-16)12-7-5-6-10(2)11(12)3/h5-9,15,17H,4,16H2,1-3H3. The van der Waals surface area contributed by atoms with Crippen molar-refractivity contribution in [1.29, 1.82) is 0 Å². The topological polar surface area (TPSA) is 51.2 Å². The Hall–Kier alpha value is -1.58. The highest BCUT2D eigenvalue weighted by Gasteiger charge is 2.19. The van der Waals surface area contributed by atoms with Gasteiger partial charge >= 0.3 is 0 Å². The molecule has 0 saturated carbocycles. The molecule has 0 bridgehead atoms. The Morgan fingerprint density at radius 2 is 2.00 bits per heavy atom. The van der Waals surface area contributed by atoms with Gasteiger partial charge in [0.1, 0.15) is 5.76 Å². The van der Waals surface area contributed by atoms with E-state index in [0.717, 1.165) is 17.7 Å². The highest BCUT2D eigenvalue weighted by atomic mass is 16.3. The Bertz CT molecular complexity index is 531. The fraction of sp³-hybridized carbons (Fsp3) is 0.333. The number of hydrazine groups is 1. The van der Waals surface area contributed by atoms with Gasteiger partial charge in [-0.05, 0) is 36.6 Å². The molecule has 1 heterocycles. The first kappa shape index (κ1) is 12.9. The lowest BCUT2D eigenvalue weighted by atomic mass is 9.93. The summed E-state index contributed by atoms with van der Waals surface area (Å²) < 4.78 is 5.49. The van der Waals surface area contributed by atoms with E-state index in [4.69, 9.17) is 10.3 Å². The van der Waals surface area contributed by atoms with Gasteiger partial charge < -0.3 is 4.42 Å². The molecule has 1 unspecified atom stereocenters. The molecule has 3 heteroatoms. The van der Waals surface area contributed by atoms with Crippen LogP contribution in [-0.4, -0.2) is 0 Å². The Balaban J connectivity index is 2.49. The number of rotatable bonds is 4. The lowest BCUT2D eigenvalue weighted by Gasteiger charge is -2.19. The molecule has 2 aromatic rings. The van der Waals surface area contributed by atoms with Crippen molar-refractivity contribution in [3.05, 3.63) is 58.5 Å². The normalized spacial score (nSPS) is 12.7. The fourth-order valence-electron chi connectivity index (χ4n) is 2.33. The second kappa shape index (κ2) is 5.38. The minimum Gasteiger partial charge on any atom is -0.469 e. The lowest BCUT2D eigenvalue weighted by Crippen LogP contribution is -2.29. The molecule has 0 amide bonds. The van der Waals surface area contributed by atoms with Gasteiger partial charge in [0.25, 0.3) is 0 Å². The third-order valence-electron chi connectivity index (χ3n) is 3.54. The molecule has 2 rings (SSSR count). The second-order valence-electron chi connectivity index (χ2n) is 4.54. The van der Waals surface area contributed by atoms with Gasteiger partial charge in [-0.25, -0.2) is 5.43 Å². The molecule has 1 aromatic carbocycles. The quantitative estimate of drug-likeness (QED) is 0.642. The van der Waals surface area contributed by atoms with Crippen LogP contribution in [0, 0.1) is 13.8 Å². The maximum atomic E-state index is 5.75. The van der Waals surface area contributed by atoms with Crippen molar-refractivity contribution in [1.82, 2.24) is 5.43 Å². The molecule has 1 atom stereocenters. The van der Waals surface area contributed by atoms with Gasteiger partial charge in [0, 0.05) is 12.0 Å². The van der Waals surface area contributed by atoms with Crippen LogP contribution in [0.15, 0.2) is 34.9 Å². The molecule has 3 nitrogen and oxygen atoms in total. The number of nitrogens with two attached hydrogens (primary N) is 1. The van der Waals surface area contributed by atoms with E-state index in [-0.39, 0.29) is 6.04 Å². The van der Waals surface area contributed by atoms with Crippen LogP contribution in [0.4, 0.5) is 0 Å². The van der Waals surface area contributed by atoms with Crippen molar-refractivity contribution in [2.45, 2.75) is 33.2 Å². The van der Waals surface area contributed by atoms with Crippen LogP contribution in [0.25, 0.3) is 0 Å². The van der Waals surface area contributed by atoms with E-state index in [2.05, 4.69) is 44.4 Å². The van der Waals surface area contributed by atoms with Crippen LogP contribution < -0.4 is 11.3 Å². The summed E-state index contributed by atoms with van der Waals surface area (Å²) in [5, 5.41) is 0. The van der Waals surface area contributed by atoms with E-state index in [1.54, 1.807) is 6.26 Å². The van der Waals surface area contributed by atoms with Gasteiger partial charge in [-0.3, -0.25) is 5.84 Å². The van der Waals surface area contributed by atoms with Gasteiger partial charge in [0.2, 0.25) is 0 Å². The van der Waals surface area contributed by atoms with Gasteiger partial charge in [-0.1, -0.05) is 25.1 Å². The van der Waals surface area contributed by atoms with Crippen LogP contribution in [0.5, 0.6) is 0 Å². The van der Waals surface area contributed by atoms with Crippen LogP contribution in [-0.2, 0) is 6.42 Å². The summed E-state index contributed by atoms with van der Waals surface area (Å²) in [6.07, 6.45) is 2.59. The molecule has 96 valence electrons. The van der Waals surface area contributed by atoms with E-state index in [1.165, 1.54) is 16.7 Å². The molecule has 3 N–H and O–H groups in total. The summed E-state index contributed by atoms with van der Waals surface area (Å²) in [7, 11) is 0. The predicted octanol–water partition coefficient (Wildman–Crippen LogP) is 3.01. The lowest BCUT2D eigenvalue weighted by molar-refractivity contribution is 0.502. The number of aryl methyl sites for hydroxylation is 2. The van der Waals surface area contributed by atoms with Crippen molar-refractivity contribution in [2.75, 3.05) is 0 Å². The van der Waals surface area contributed by atoms with E-state index in [1.807, 2.05) is 6.07 Å². The highest BCUT2D eigenvalue weighted by Crippen LogP contribution is 2.29. The Morgan fingerprint density at radius 3 is 2.67 bits per heavy atom. The van der Waals surface area contributed by atoms with E-state index in [9.17, 15) is 0 Å². The van der Waals surface area contributed by atoms with Crippen molar-refractivity contribution < 1.29 is 4.42 Å². The number of hydrogen-bond acceptors (Lipinski definition) is 3. The summed E-state index contributed by atoms with van der Waals surface area (Å²) in [5.74, 6) is 6.73. The Labute approximate surface area is 108 Å². The summed E-state index contributed by atoms with van der Waals surface area (Å²) in [5.41, 5.74) is 7.76. The molecule has 0 spiro atoms. The Morgan fingerprint density at radius 1 is 1.22 bits per heavy atom. The maximum Gasteiger partial charge on any atom is 0.108 e. The maximum absolute atomic E-state index is 5.75. The highest BCUT2D eigenvalue weighted by molar-refractivity contribution is 5.41. The minimum atomic E-state index is -0.0152. The smallest absolute Gasteiger partial charge is 0.108 e. The average molecular weight is 244 g/mol. The average Bonchev–Trinajstić information content (AvgIpc) is 2.83. The van der Waals surface area contributed by atoms with E-state index >= 15 is 0 Å². The predicted molar refractivity (Wildman–Crippen MR) is 73.2 cm³/mol. The SMILES string of the molecule is CCc1occc1C(NN)c1cccc(C)c1C. The number of nitrogens with one attached hydrogen (secondary N) is 1. The summed E-state index contributed by atoms with van der Waals surface area (Å²) in [4.78, 5) is 0. The summed E-state index contributed by atoms with van der Waals surface area (Å²) in [6.45, 7) is 6.32. The first-order chi connectivity index (χ1) is 8.69. The first-order valence-electron chi connectivity index (χ1n) is 6.27. The van der Waals surface area contributed by atoms with Crippen LogP contribution in [0.3, 0.4) is 0 Å². The minimum absolute atomic E-state index is 0.0152. The van der Waals surface area contributed by atoms with Gasteiger partial charge in [0.15, 0.2) is 0 Å². The zero-order chi connectivity index (χ0) is 13.1. The zero-order valence-electron chi connectivity index (χ0n) is 11.2. The van der Waals surface area contributed by atoms with Crippen LogP contribution in [0.2, 0.25) is 0 Å².